The van der Waals surface area contributed by atoms with E-state index in [0.717, 1.165) is 0 Å². The monoisotopic (exact) mass is 410 g/mol. The summed E-state index contributed by atoms with van der Waals surface area (Å²) < 4.78 is 10.2. The molecule has 1 fully saturated rings. The summed E-state index contributed by atoms with van der Waals surface area (Å²) in [6.07, 6.45) is 1.57. The molecule has 2 aromatic rings. The fourth-order valence-electron chi connectivity index (χ4n) is 2.70. The number of likely N-dealkylation sites (tertiary alicyclic amines) is 1. The minimum Gasteiger partial charge on any atom is -0.467 e. The number of nitrogens with zero attached hydrogens (tertiary/aromatic N) is 1. The minimum atomic E-state index is -0.606. The molecule has 9 heteroatoms. The van der Waals surface area contributed by atoms with Crippen LogP contribution in [0.1, 0.15) is 12.2 Å². The van der Waals surface area contributed by atoms with Crippen LogP contribution in [0, 0.1) is 5.92 Å². The summed E-state index contributed by atoms with van der Waals surface area (Å²) in [7, 11) is 0. The zero-order valence-corrected chi connectivity index (χ0v) is 15.6. The SMILES string of the molecule is O=C(COC(=O)[C@H]1CC(=O)N(Cc2ccco2)C1)Nc1ccc(Cl)c(Cl)c1. The lowest BCUT2D eigenvalue weighted by molar-refractivity contribution is -0.151. The number of halogens is 2. The lowest BCUT2D eigenvalue weighted by Gasteiger charge is -2.14. The molecule has 0 saturated carbocycles. The van der Waals surface area contributed by atoms with E-state index in [1.807, 2.05) is 0 Å². The highest BCUT2D eigenvalue weighted by Crippen LogP contribution is 2.25. The highest BCUT2D eigenvalue weighted by molar-refractivity contribution is 6.42. The van der Waals surface area contributed by atoms with Gasteiger partial charge in [0.2, 0.25) is 5.91 Å². The van der Waals surface area contributed by atoms with E-state index in [0.29, 0.717) is 28.0 Å². The smallest absolute Gasteiger partial charge is 0.311 e. The summed E-state index contributed by atoms with van der Waals surface area (Å²) in [5.74, 6) is -1.23. The number of carbonyl (C=O) groups excluding carboxylic acids is 3. The van der Waals surface area contributed by atoms with E-state index in [2.05, 4.69) is 5.32 Å². The molecule has 1 aromatic carbocycles. The average Bonchev–Trinajstić information content (AvgIpc) is 3.27. The molecule has 1 aliphatic rings. The van der Waals surface area contributed by atoms with Crippen molar-refractivity contribution in [3.05, 3.63) is 52.4 Å². The third-order valence-corrected chi connectivity index (χ3v) is 4.76. The Morgan fingerprint density at radius 1 is 1.26 bits per heavy atom. The number of benzene rings is 1. The van der Waals surface area contributed by atoms with Crippen LogP contribution in [0.5, 0.6) is 0 Å². The number of hydrogen-bond acceptors (Lipinski definition) is 5. The van der Waals surface area contributed by atoms with E-state index in [1.54, 1.807) is 24.3 Å². The number of furan rings is 1. The maximum Gasteiger partial charge on any atom is 0.311 e. The number of rotatable bonds is 6. The number of nitrogens with one attached hydrogen (secondary N) is 1. The fraction of sp³-hybridized carbons (Fsp3) is 0.278. The first-order chi connectivity index (χ1) is 12.9. The Labute approximate surface area is 165 Å². The quantitative estimate of drug-likeness (QED) is 0.738. The third-order valence-electron chi connectivity index (χ3n) is 4.02. The zero-order valence-electron chi connectivity index (χ0n) is 14.1. The Morgan fingerprint density at radius 3 is 2.78 bits per heavy atom. The van der Waals surface area contributed by atoms with Crippen LogP contribution in [-0.4, -0.2) is 35.8 Å². The van der Waals surface area contributed by atoms with Gasteiger partial charge in [0.1, 0.15) is 5.76 Å². The van der Waals surface area contributed by atoms with Crippen molar-refractivity contribution in [3.8, 4) is 0 Å². The van der Waals surface area contributed by atoms with Crippen LogP contribution in [0.4, 0.5) is 5.69 Å². The topological polar surface area (TPSA) is 88.9 Å². The molecular formula is C18H16Cl2N2O5. The molecule has 7 nitrogen and oxygen atoms in total. The van der Waals surface area contributed by atoms with E-state index in [1.165, 1.54) is 17.2 Å². The number of hydrogen-bond donors (Lipinski definition) is 1. The van der Waals surface area contributed by atoms with Crippen LogP contribution in [0.3, 0.4) is 0 Å². The second-order valence-electron chi connectivity index (χ2n) is 6.04. The van der Waals surface area contributed by atoms with E-state index in [4.69, 9.17) is 32.4 Å². The van der Waals surface area contributed by atoms with Crippen molar-refractivity contribution in [1.82, 2.24) is 4.90 Å². The van der Waals surface area contributed by atoms with Gasteiger partial charge >= 0.3 is 5.97 Å². The van der Waals surface area contributed by atoms with Crippen molar-refractivity contribution >= 4 is 46.7 Å². The molecule has 3 rings (SSSR count). The number of ether oxygens (including phenoxy) is 1. The molecule has 0 aliphatic carbocycles. The van der Waals surface area contributed by atoms with Crippen LogP contribution >= 0.6 is 23.2 Å². The molecule has 27 heavy (non-hydrogen) atoms. The van der Waals surface area contributed by atoms with E-state index in [9.17, 15) is 14.4 Å². The van der Waals surface area contributed by atoms with Crippen molar-refractivity contribution < 1.29 is 23.5 Å². The van der Waals surface area contributed by atoms with Gasteiger partial charge in [0.15, 0.2) is 6.61 Å². The molecule has 0 radical (unpaired) electrons. The van der Waals surface area contributed by atoms with Gasteiger partial charge in [-0.15, -0.1) is 0 Å². The van der Waals surface area contributed by atoms with E-state index in [-0.39, 0.29) is 18.9 Å². The van der Waals surface area contributed by atoms with Gasteiger partial charge in [0.25, 0.3) is 5.91 Å². The van der Waals surface area contributed by atoms with Gasteiger partial charge in [-0.1, -0.05) is 23.2 Å². The molecule has 142 valence electrons. The van der Waals surface area contributed by atoms with Crippen LogP contribution in [-0.2, 0) is 25.7 Å². The summed E-state index contributed by atoms with van der Waals surface area (Å²) >= 11 is 11.7. The van der Waals surface area contributed by atoms with E-state index < -0.39 is 24.4 Å². The van der Waals surface area contributed by atoms with Gasteiger partial charge in [0, 0.05) is 18.7 Å². The Kier molecular flexibility index (Phi) is 6.03. The van der Waals surface area contributed by atoms with Crippen LogP contribution in [0.2, 0.25) is 10.0 Å². The normalized spacial score (nSPS) is 16.4. The molecule has 1 aromatic heterocycles. The summed E-state index contributed by atoms with van der Waals surface area (Å²) in [5.41, 5.74) is 0.436. The van der Waals surface area contributed by atoms with E-state index >= 15 is 0 Å². The van der Waals surface area contributed by atoms with Crippen molar-refractivity contribution in [3.63, 3.8) is 0 Å². The first kappa shape index (κ1) is 19.3. The molecule has 2 amide bonds. The minimum absolute atomic E-state index is 0.0496. The second kappa shape index (κ2) is 8.45. The van der Waals surface area contributed by atoms with Crippen LogP contribution < -0.4 is 5.32 Å². The van der Waals surface area contributed by atoms with Gasteiger partial charge in [-0.05, 0) is 30.3 Å². The molecule has 0 spiro atoms. The van der Waals surface area contributed by atoms with Gasteiger partial charge in [-0.3, -0.25) is 14.4 Å². The molecule has 1 N–H and O–H groups in total. The Morgan fingerprint density at radius 2 is 2.07 bits per heavy atom. The number of anilines is 1. The van der Waals surface area contributed by atoms with Crippen molar-refractivity contribution in [2.75, 3.05) is 18.5 Å². The van der Waals surface area contributed by atoms with Crippen molar-refractivity contribution in [2.45, 2.75) is 13.0 Å². The molecule has 2 heterocycles. The standard InChI is InChI=1S/C18H16Cl2N2O5/c19-14-4-3-12(7-15(14)20)21-16(23)10-27-18(25)11-6-17(24)22(8-11)9-13-2-1-5-26-13/h1-5,7,11H,6,8-10H2,(H,21,23)/t11-/m0/s1. The van der Waals surface area contributed by atoms with Gasteiger partial charge in [-0.25, -0.2) is 0 Å². The van der Waals surface area contributed by atoms with Gasteiger partial charge < -0.3 is 19.4 Å². The maximum atomic E-state index is 12.2. The number of esters is 1. The first-order valence-corrected chi connectivity index (χ1v) is 8.89. The molecule has 0 bridgehead atoms. The fourth-order valence-corrected chi connectivity index (χ4v) is 3.00. The lowest BCUT2D eigenvalue weighted by atomic mass is 10.1. The molecule has 1 saturated heterocycles. The van der Waals surface area contributed by atoms with Crippen LogP contribution in [0.25, 0.3) is 0 Å². The maximum absolute atomic E-state index is 12.2. The zero-order chi connectivity index (χ0) is 19.4. The van der Waals surface area contributed by atoms with Gasteiger partial charge in [0.05, 0.1) is 28.8 Å². The predicted octanol–water partition coefficient (Wildman–Crippen LogP) is 3.12. The average molecular weight is 411 g/mol. The lowest BCUT2D eigenvalue weighted by Crippen LogP contribution is -2.28. The van der Waals surface area contributed by atoms with Gasteiger partial charge in [-0.2, -0.15) is 0 Å². The first-order valence-electron chi connectivity index (χ1n) is 8.14. The van der Waals surface area contributed by atoms with Crippen LogP contribution in [0.15, 0.2) is 41.0 Å². The Hall–Kier alpha value is -2.51. The largest absolute Gasteiger partial charge is 0.467 e. The Bertz CT molecular complexity index is 853. The number of amides is 2. The molecule has 1 aliphatic heterocycles. The number of carbonyl (C=O) groups is 3. The molecule has 1 atom stereocenters. The second-order valence-corrected chi connectivity index (χ2v) is 6.85. The highest BCUT2D eigenvalue weighted by atomic mass is 35.5. The molecule has 0 unspecified atom stereocenters. The van der Waals surface area contributed by atoms with Crippen molar-refractivity contribution in [1.29, 1.82) is 0 Å². The predicted molar refractivity (Wildman–Crippen MR) is 98.3 cm³/mol. The summed E-state index contributed by atoms with van der Waals surface area (Å²) in [4.78, 5) is 37.6. The Balaban J connectivity index is 1.46. The summed E-state index contributed by atoms with van der Waals surface area (Å²) in [6.45, 7) is 0.0716. The third kappa shape index (κ3) is 5.02. The summed E-state index contributed by atoms with van der Waals surface area (Å²) in [6, 6.07) is 8.10. The van der Waals surface area contributed by atoms with Crippen molar-refractivity contribution in [2.24, 2.45) is 5.92 Å². The highest BCUT2D eigenvalue weighted by Gasteiger charge is 2.35. The summed E-state index contributed by atoms with van der Waals surface area (Å²) in [5, 5.41) is 3.22. The molecular weight excluding hydrogens is 395 g/mol.